The summed E-state index contributed by atoms with van der Waals surface area (Å²) in [6.07, 6.45) is 0. The Hall–Kier alpha value is -1.39. The second kappa shape index (κ2) is 7.41. The zero-order valence-electron chi connectivity index (χ0n) is 12.4. The molecule has 4 nitrogen and oxygen atoms in total. The number of hydrogen-bond acceptors (Lipinski definition) is 3. The predicted octanol–water partition coefficient (Wildman–Crippen LogP) is 2.12. The largest absolute Gasteiger partial charge is 0.379 e. The van der Waals surface area contributed by atoms with E-state index in [2.05, 4.69) is 24.1 Å². The molecule has 4 heteroatoms. The van der Waals surface area contributed by atoms with Crippen LogP contribution in [0.3, 0.4) is 0 Å². The molecule has 0 unspecified atom stereocenters. The van der Waals surface area contributed by atoms with Crippen molar-refractivity contribution >= 4 is 5.91 Å². The van der Waals surface area contributed by atoms with Gasteiger partial charge in [-0.3, -0.25) is 9.69 Å². The minimum Gasteiger partial charge on any atom is -0.379 e. The molecular weight excluding hydrogens is 252 g/mol. The Balaban J connectivity index is 0.00000220. The molecule has 1 aliphatic heterocycles. The van der Waals surface area contributed by atoms with E-state index in [0.29, 0.717) is 12.5 Å². The van der Waals surface area contributed by atoms with E-state index in [4.69, 9.17) is 4.74 Å². The van der Waals surface area contributed by atoms with Gasteiger partial charge in [-0.1, -0.05) is 26.0 Å². The zero-order chi connectivity index (χ0) is 14.4. The second-order valence-electron chi connectivity index (χ2n) is 5.49. The van der Waals surface area contributed by atoms with Crippen molar-refractivity contribution in [3.8, 4) is 0 Å². The van der Waals surface area contributed by atoms with Crippen molar-refractivity contribution in [3.63, 3.8) is 0 Å². The van der Waals surface area contributed by atoms with Gasteiger partial charge >= 0.3 is 0 Å². The Morgan fingerprint density at radius 2 is 1.95 bits per heavy atom. The number of hydrogen-bond donors (Lipinski definition) is 1. The molecule has 0 atom stereocenters. The lowest BCUT2D eigenvalue weighted by Gasteiger charge is -2.26. The Morgan fingerprint density at radius 3 is 2.55 bits per heavy atom. The number of morpholine rings is 1. The molecule has 1 aromatic rings. The zero-order valence-corrected chi connectivity index (χ0v) is 12.4. The lowest BCUT2D eigenvalue weighted by molar-refractivity contribution is 0.0383. The summed E-state index contributed by atoms with van der Waals surface area (Å²) in [5, 5.41) is 2.97. The maximum absolute atomic E-state index is 12.0. The van der Waals surface area contributed by atoms with Crippen LogP contribution in [-0.2, 0) is 4.74 Å². The highest BCUT2D eigenvalue weighted by atomic mass is 16.5. The molecule has 1 heterocycles. The molecular formula is C16H26N2O2. The lowest BCUT2D eigenvalue weighted by atomic mass is 10.0. The number of nitrogens with one attached hydrogen (secondary N) is 1. The fourth-order valence-electron chi connectivity index (χ4n) is 2.27. The van der Waals surface area contributed by atoms with Crippen molar-refractivity contribution in [2.75, 3.05) is 39.4 Å². The predicted molar refractivity (Wildman–Crippen MR) is 82.2 cm³/mol. The van der Waals surface area contributed by atoms with Gasteiger partial charge in [0, 0.05) is 33.2 Å². The Kier molecular flexibility index (Phi) is 5.56. The van der Waals surface area contributed by atoms with Gasteiger partial charge in [0.05, 0.1) is 13.2 Å². The van der Waals surface area contributed by atoms with Gasteiger partial charge in [0.25, 0.3) is 5.91 Å². The number of nitrogens with zero attached hydrogens (tertiary/aromatic N) is 1. The van der Waals surface area contributed by atoms with E-state index in [1.54, 1.807) is 0 Å². The van der Waals surface area contributed by atoms with Crippen molar-refractivity contribution in [1.82, 2.24) is 10.2 Å². The molecule has 1 amide bonds. The van der Waals surface area contributed by atoms with Gasteiger partial charge in [0.2, 0.25) is 0 Å². The molecule has 2 rings (SSSR count). The Labute approximate surface area is 122 Å². The number of rotatable bonds is 5. The van der Waals surface area contributed by atoms with Crippen LogP contribution in [0.4, 0.5) is 0 Å². The average molecular weight is 278 g/mol. The Bertz CT molecular complexity index is 428. The number of benzene rings is 1. The molecule has 1 N–H and O–H groups in total. The van der Waals surface area contributed by atoms with E-state index in [0.717, 1.165) is 38.4 Å². The van der Waals surface area contributed by atoms with Crippen molar-refractivity contribution in [2.45, 2.75) is 19.8 Å². The van der Waals surface area contributed by atoms with Gasteiger partial charge in [-0.15, -0.1) is 0 Å². The quantitative estimate of drug-likeness (QED) is 0.897. The molecule has 0 spiro atoms. The second-order valence-corrected chi connectivity index (χ2v) is 5.49. The average Bonchev–Trinajstić information content (AvgIpc) is 2.48. The third kappa shape index (κ3) is 4.32. The first-order chi connectivity index (χ1) is 9.66. The lowest BCUT2D eigenvalue weighted by Crippen LogP contribution is -2.41. The summed E-state index contributed by atoms with van der Waals surface area (Å²) in [4.78, 5) is 14.3. The van der Waals surface area contributed by atoms with E-state index in [-0.39, 0.29) is 7.33 Å². The smallest absolute Gasteiger partial charge is 0.251 e. The van der Waals surface area contributed by atoms with Crippen LogP contribution in [0, 0.1) is 0 Å². The van der Waals surface area contributed by atoms with Gasteiger partial charge < -0.3 is 10.1 Å². The molecule has 1 aromatic carbocycles. The first-order valence-corrected chi connectivity index (χ1v) is 7.35. The van der Waals surface area contributed by atoms with Crippen LogP contribution in [-0.4, -0.2) is 50.2 Å². The molecule has 1 saturated heterocycles. The van der Waals surface area contributed by atoms with Crippen molar-refractivity contribution in [3.05, 3.63) is 35.4 Å². The van der Waals surface area contributed by atoms with Crippen molar-refractivity contribution in [1.29, 1.82) is 0 Å². The van der Waals surface area contributed by atoms with E-state index < -0.39 is 0 Å². The molecule has 20 heavy (non-hydrogen) atoms. The molecule has 0 aromatic heterocycles. The Morgan fingerprint density at radius 1 is 1.30 bits per heavy atom. The van der Waals surface area contributed by atoms with E-state index in [1.165, 1.54) is 5.56 Å². The highest BCUT2D eigenvalue weighted by Gasteiger charge is 2.11. The van der Waals surface area contributed by atoms with Gasteiger partial charge in [0.1, 0.15) is 0 Å². The fourth-order valence-corrected chi connectivity index (χ4v) is 2.27. The number of ether oxygens (including phenoxy) is 1. The molecule has 112 valence electrons. The number of amides is 1. The maximum Gasteiger partial charge on any atom is 0.251 e. The summed E-state index contributed by atoms with van der Waals surface area (Å²) in [6.45, 7) is 9.38. The summed E-state index contributed by atoms with van der Waals surface area (Å²) in [5.74, 6) is 0.502. The summed E-state index contributed by atoms with van der Waals surface area (Å²) in [7, 11) is 0. The molecule has 1 aliphatic rings. The maximum atomic E-state index is 12.0. The SMILES string of the molecule is CC(C)c1ccc(C(=O)NCCN2CCOCC2)cc1.[HH]. The summed E-state index contributed by atoms with van der Waals surface area (Å²) >= 11 is 0. The first kappa shape index (κ1) is 15.0. The van der Waals surface area contributed by atoms with Crippen LogP contribution in [0.1, 0.15) is 37.1 Å². The van der Waals surface area contributed by atoms with Crippen molar-refractivity contribution in [2.24, 2.45) is 0 Å². The fraction of sp³-hybridized carbons (Fsp3) is 0.562. The van der Waals surface area contributed by atoms with Gasteiger partial charge in [-0.2, -0.15) is 0 Å². The summed E-state index contributed by atoms with van der Waals surface area (Å²) in [5.41, 5.74) is 1.99. The minimum absolute atomic E-state index is 0. The first-order valence-electron chi connectivity index (χ1n) is 7.35. The highest BCUT2D eigenvalue weighted by Crippen LogP contribution is 2.14. The monoisotopic (exact) mass is 278 g/mol. The van der Waals surface area contributed by atoms with E-state index in [9.17, 15) is 4.79 Å². The van der Waals surface area contributed by atoms with Gasteiger partial charge in [0.15, 0.2) is 0 Å². The molecule has 0 radical (unpaired) electrons. The molecule has 0 saturated carbocycles. The van der Waals surface area contributed by atoms with Crippen LogP contribution in [0.2, 0.25) is 0 Å². The van der Waals surface area contributed by atoms with Crippen LogP contribution in [0.25, 0.3) is 0 Å². The topological polar surface area (TPSA) is 41.6 Å². The highest BCUT2D eigenvalue weighted by molar-refractivity contribution is 5.94. The van der Waals surface area contributed by atoms with Gasteiger partial charge in [-0.25, -0.2) is 0 Å². The van der Waals surface area contributed by atoms with Crippen LogP contribution in [0.15, 0.2) is 24.3 Å². The van der Waals surface area contributed by atoms with Gasteiger partial charge in [-0.05, 0) is 23.6 Å². The van der Waals surface area contributed by atoms with Crippen LogP contribution >= 0.6 is 0 Å². The molecule has 0 aliphatic carbocycles. The van der Waals surface area contributed by atoms with E-state index in [1.807, 2.05) is 24.3 Å². The normalized spacial score (nSPS) is 16.4. The third-order valence-electron chi connectivity index (χ3n) is 3.66. The molecule has 0 bridgehead atoms. The standard InChI is InChI=1S/C16H24N2O2.H2/c1-13(2)14-3-5-15(6-4-14)16(19)17-7-8-18-9-11-20-12-10-18;/h3-6,13H,7-12H2,1-2H3,(H,17,19);1H. The summed E-state index contributed by atoms with van der Waals surface area (Å²) < 4.78 is 5.30. The third-order valence-corrected chi connectivity index (χ3v) is 3.66. The van der Waals surface area contributed by atoms with E-state index >= 15 is 0 Å². The molecule has 1 fully saturated rings. The van der Waals surface area contributed by atoms with Crippen molar-refractivity contribution < 1.29 is 11.0 Å². The van der Waals surface area contributed by atoms with Crippen LogP contribution in [0.5, 0.6) is 0 Å². The minimum atomic E-state index is 0. The summed E-state index contributed by atoms with van der Waals surface area (Å²) in [6, 6.07) is 7.86. The number of carbonyl (C=O) groups excluding carboxylic acids is 1. The number of carbonyl (C=O) groups is 1. The van der Waals surface area contributed by atoms with Crippen LogP contribution < -0.4 is 5.32 Å².